The Hall–Kier alpha value is -3.94. The molecule has 4 atom stereocenters. The molecule has 6 nitrogen and oxygen atoms in total. The molecule has 1 aliphatic heterocycles. The van der Waals surface area contributed by atoms with Gasteiger partial charge in [0.25, 0.3) is 0 Å². The summed E-state index contributed by atoms with van der Waals surface area (Å²) in [6.45, 7) is 1.26. The number of benzene rings is 4. The van der Waals surface area contributed by atoms with Gasteiger partial charge in [-0.1, -0.05) is 121 Å². The summed E-state index contributed by atoms with van der Waals surface area (Å²) >= 11 is 0. The third kappa shape index (κ3) is 7.81. The first-order chi connectivity index (χ1) is 19.8. The van der Waals surface area contributed by atoms with Crippen molar-refractivity contribution in [2.75, 3.05) is 0 Å². The van der Waals surface area contributed by atoms with E-state index in [-0.39, 0.29) is 6.61 Å². The van der Waals surface area contributed by atoms with Crippen LogP contribution in [0.1, 0.15) is 22.3 Å². The van der Waals surface area contributed by atoms with E-state index in [4.69, 9.17) is 23.7 Å². The van der Waals surface area contributed by atoms with Gasteiger partial charge in [-0.15, -0.1) is 0 Å². The Labute approximate surface area is 235 Å². The van der Waals surface area contributed by atoms with Gasteiger partial charge in [0, 0.05) is 0 Å². The summed E-state index contributed by atoms with van der Waals surface area (Å²) in [7, 11) is 0. The summed E-state index contributed by atoms with van der Waals surface area (Å²) in [6.07, 6.45) is -1.95. The second-order valence-electron chi connectivity index (χ2n) is 9.56. The first kappa shape index (κ1) is 27.6. The van der Waals surface area contributed by atoms with E-state index in [1.807, 2.05) is 121 Å². The maximum absolute atomic E-state index is 11.1. The Bertz CT molecular complexity index is 1300. The van der Waals surface area contributed by atoms with Crippen molar-refractivity contribution >= 4 is 0 Å². The predicted molar refractivity (Wildman–Crippen MR) is 151 cm³/mol. The van der Waals surface area contributed by atoms with E-state index in [1.165, 1.54) is 6.26 Å². The molecule has 1 N–H and O–H groups in total. The maximum atomic E-state index is 11.1. The highest BCUT2D eigenvalue weighted by Gasteiger charge is 2.46. The largest absolute Gasteiger partial charge is 0.493 e. The van der Waals surface area contributed by atoms with Crippen LogP contribution >= 0.6 is 0 Å². The summed E-state index contributed by atoms with van der Waals surface area (Å²) in [6, 6.07) is 39.4. The molecule has 206 valence electrons. The number of aliphatic hydroxyl groups excluding tert-OH is 1. The van der Waals surface area contributed by atoms with E-state index >= 15 is 0 Å². The Balaban J connectivity index is 1.40. The van der Waals surface area contributed by atoms with E-state index in [9.17, 15) is 5.11 Å². The molecule has 0 radical (unpaired) electrons. The number of aliphatic hydroxyl groups is 1. The zero-order chi connectivity index (χ0) is 27.4. The quantitative estimate of drug-likeness (QED) is 0.218. The lowest BCUT2D eigenvalue weighted by Gasteiger charge is -2.41. The number of ether oxygens (including phenoxy) is 5. The first-order valence-electron chi connectivity index (χ1n) is 13.4. The number of hydrogen-bond acceptors (Lipinski definition) is 6. The minimum absolute atomic E-state index is 0.284. The van der Waals surface area contributed by atoms with Crippen molar-refractivity contribution < 1.29 is 28.8 Å². The summed E-state index contributed by atoms with van der Waals surface area (Å²) in [5.74, 6) is 0.344. The SMILES string of the molecule is OC1O/C(=C\OCc2ccccc2)[C@H](OCc2ccccc2)[C@H](OCc2ccccc2)[C@H]1OCc1ccccc1. The molecule has 40 heavy (non-hydrogen) atoms. The van der Waals surface area contributed by atoms with Gasteiger partial charge in [-0.05, 0) is 22.3 Å². The summed E-state index contributed by atoms with van der Waals surface area (Å²) < 4.78 is 31.0. The zero-order valence-electron chi connectivity index (χ0n) is 22.3. The van der Waals surface area contributed by atoms with Crippen LogP contribution in [0.5, 0.6) is 0 Å². The van der Waals surface area contributed by atoms with Crippen LogP contribution in [0.2, 0.25) is 0 Å². The molecule has 4 aromatic rings. The van der Waals surface area contributed by atoms with Crippen molar-refractivity contribution in [2.45, 2.75) is 51.0 Å². The fourth-order valence-electron chi connectivity index (χ4n) is 4.49. The van der Waals surface area contributed by atoms with Crippen molar-refractivity contribution in [1.29, 1.82) is 0 Å². The van der Waals surface area contributed by atoms with E-state index in [2.05, 4.69) is 0 Å². The molecule has 1 heterocycles. The molecular formula is C34H34O6. The van der Waals surface area contributed by atoms with Crippen molar-refractivity contribution in [3.8, 4) is 0 Å². The molecule has 4 aromatic carbocycles. The normalized spacial score (nSPS) is 21.6. The summed E-state index contributed by atoms with van der Waals surface area (Å²) in [5, 5.41) is 11.1. The standard InChI is InChI=1S/C34H34O6/c35-34-33(39-24-29-19-11-4-12-20-29)32(38-23-28-17-9-3-10-18-28)31(37-22-27-15-7-2-8-16-27)30(40-34)25-36-21-26-13-5-1-6-14-26/h1-20,25,31-35H,21-24H2/b30-25-/t31-,32-,33+,34?/m0/s1. The zero-order valence-corrected chi connectivity index (χ0v) is 22.3. The molecular weight excluding hydrogens is 504 g/mol. The molecule has 0 saturated carbocycles. The third-order valence-electron chi connectivity index (χ3n) is 6.58. The number of rotatable bonds is 12. The van der Waals surface area contributed by atoms with Crippen LogP contribution in [0.25, 0.3) is 0 Å². The van der Waals surface area contributed by atoms with Crippen molar-refractivity contribution in [3.05, 3.63) is 156 Å². The van der Waals surface area contributed by atoms with Gasteiger partial charge in [-0.25, -0.2) is 0 Å². The lowest BCUT2D eigenvalue weighted by molar-refractivity contribution is -0.264. The third-order valence-corrected chi connectivity index (χ3v) is 6.58. The van der Waals surface area contributed by atoms with Gasteiger partial charge in [-0.3, -0.25) is 0 Å². The Kier molecular flexibility index (Phi) is 9.98. The molecule has 0 amide bonds. The molecule has 0 bridgehead atoms. The first-order valence-corrected chi connectivity index (χ1v) is 13.4. The molecule has 6 heteroatoms. The highest BCUT2D eigenvalue weighted by molar-refractivity contribution is 5.18. The van der Waals surface area contributed by atoms with Crippen molar-refractivity contribution in [1.82, 2.24) is 0 Å². The van der Waals surface area contributed by atoms with Crippen molar-refractivity contribution in [3.63, 3.8) is 0 Å². The Morgan fingerprint density at radius 3 is 1.40 bits per heavy atom. The molecule has 1 aliphatic rings. The second kappa shape index (κ2) is 14.4. The average molecular weight is 539 g/mol. The van der Waals surface area contributed by atoms with E-state index < -0.39 is 24.6 Å². The molecule has 1 unspecified atom stereocenters. The van der Waals surface area contributed by atoms with Gasteiger partial charge in [-0.2, -0.15) is 0 Å². The van der Waals surface area contributed by atoms with Crippen LogP contribution < -0.4 is 0 Å². The predicted octanol–water partition coefficient (Wildman–Crippen LogP) is 6.15. The van der Waals surface area contributed by atoms with E-state index in [0.29, 0.717) is 25.6 Å². The Morgan fingerprint density at radius 1 is 0.525 bits per heavy atom. The van der Waals surface area contributed by atoms with Gasteiger partial charge in [0.2, 0.25) is 6.29 Å². The molecule has 0 aromatic heterocycles. The van der Waals surface area contributed by atoms with Crippen LogP contribution in [-0.2, 0) is 50.1 Å². The maximum Gasteiger partial charge on any atom is 0.226 e. The van der Waals surface area contributed by atoms with Crippen LogP contribution in [0, 0.1) is 0 Å². The minimum atomic E-state index is -1.28. The minimum Gasteiger partial charge on any atom is -0.493 e. The topological polar surface area (TPSA) is 66.4 Å². The van der Waals surface area contributed by atoms with E-state index in [1.54, 1.807) is 0 Å². The average Bonchev–Trinajstić information content (AvgIpc) is 3.01. The van der Waals surface area contributed by atoms with Crippen molar-refractivity contribution in [2.24, 2.45) is 0 Å². The highest BCUT2D eigenvalue weighted by Crippen LogP contribution is 2.32. The molecule has 1 fully saturated rings. The smallest absolute Gasteiger partial charge is 0.226 e. The molecule has 1 saturated heterocycles. The Morgan fingerprint density at radius 2 is 0.925 bits per heavy atom. The van der Waals surface area contributed by atoms with Crippen LogP contribution in [0.15, 0.2) is 133 Å². The summed E-state index contributed by atoms with van der Waals surface area (Å²) in [5.41, 5.74) is 3.99. The lowest BCUT2D eigenvalue weighted by atomic mass is 10.0. The molecule has 5 rings (SSSR count). The fraction of sp³-hybridized carbons (Fsp3) is 0.235. The monoisotopic (exact) mass is 538 g/mol. The van der Waals surface area contributed by atoms with E-state index in [0.717, 1.165) is 22.3 Å². The van der Waals surface area contributed by atoms with Gasteiger partial charge in [0.1, 0.15) is 31.2 Å². The molecule has 0 aliphatic carbocycles. The number of hydrogen-bond donors (Lipinski definition) is 1. The molecule has 0 spiro atoms. The van der Waals surface area contributed by atoms with Crippen LogP contribution in [0.3, 0.4) is 0 Å². The fourth-order valence-corrected chi connectivity index (χ4v) is 4.49. The lowest BCUT2D eigenvalue weighted by Crippen LogP contribution is -2.55. The second-order valence-corrected chi connectivity index (χ2v) is 9.56. The summed E-state index contributed by atoms with van der Waals surface area (Å²) in [4.78, 5) is 0. The van der Waals surface area contributed by atoms with Gasteiger partial charge >= 0.3 is 0 Å². The van der Waals surface area contributed by atoms with Crippen LogP contribution in [0.4, 0.5) is 0 Å². The van der Waals surface area contributed by atoms with Gasteiger partial charge < -0.3 is 28.8 Å². The highest BCUT2D eigenvalue weighted by atomic mass is 16.7. The van der Waals surface area contributed by atoms with Gasteiger partial charge in [0.15, 0.2) is 5.76 Å². The van der Waals surface area contributed by atoms with Crippen LogP contribution in [-0.4, -0.2) is 29.7 Å². The van der Waals surface area contributed by atoms with Gasteiger partial charge in [0.05, 0.1) is 19.8 Å².